The molecule has 116 valence electrons. The Bertz CT molecular complexity index is 837. The van der Waals surface area contributed by atoms with Crippen LogP contribution in [0.4, 0.5) is 0 Å². The van der Waals surface area contributed by atoms with Gasteiger partial charge in [0.05, 0.1) is 0 Å². The Labute approximate surface area is 127 Å². The molecule has 2 N–H and O–H groups in total. The van der Waals surface area contributed by atoms with Crippen molar-refractivity contribution >= 4 is 16.0 Å². The molecule has 0 bridgehead atoms. The van der Waals surface area contributed by atoms with Crippen molar-refractivity contribution in [3.63, 3.8) is 0 Å². The maximum absolute atomic E-state index is 12.5. The van der Waals surface area contributed by atoms with Gasteiger partial charge in [-0.25, -0.2) is 17.9 Å². The number of fused-ring (bicyclic) bond motifs is 1. The predicted molar refractivity (Wildman–Crippen MR) is 78.2 cm³/mol. The highest BCUT2D eigenvalue weighted by Gasteiger charge is 2.30. The third-order valence-corrected chi connectivity index (χ3v) is 5.38. The summed E-state index contributed by atoms with van der Waals surface area (Å²) in [5, 5.41) is 8.89. The van der Waals surface area contributed by atoms with Gasteiger partial charge in [-0.05, 0) is 30.9 Å². The van der Waals surface area contributed by atoms with Crippen LogP contribution in [0.25, 0.3) is 0 Å². The highest BCUT2D eigenvalue weighted by molar-refractivity contribution is 7.89. The van der Waals surface area contributed by atoms with Crippen molar-refractivity contribution in [3.8, 4) is 0 Å². The number of nitrogens with one attached hydrogen (secondary N) is 1. The van der Waals surface area contributed by atoms with Gasteiger partial charge in [-0.2, -0.15) is 0 Å². The van der Waals surface area contributed by atoms with Crippen LogP contribution in [0.3, 0.4) is 0 Å². The maximum atomic E-state index is 12.5. The van der Waals surface area contributed by atoms with Gasteiger partial charge in [0.15, 0.2) is 0 Å². The van der Waals surface area contributed by atoms with E-state index in [2.05, 4.69) is 4.72 Å². The number of furan rings is 1. The van der Waals surface area contributed by atoms with Gasteiger partial charge in [-0.15, -0.1) is 0 Å². The lowest BCUT2D eigenvalue weighted by atomic mass is 10.1. The minimum Gasteiger partial charge on any atom is -0.475 e. The van der Waals surface area contributed by atoms with Crippen LogP contribution in [-0.2, 0) is 16.4 Å². The summed E-state index contributed by atoms with van der Waals surface area (Å²) in [5.41, 5.74) is 2.09. The second-order valence-electron chi connectivity index (χ2n) is 5.25. The van der Waals surface area contributed by atoms with Crippen LogP contribution in [-0.4, -0.2) is 19.5 Å². The molecule has 22 heavy (non-hydrogen) atoms. The van der Waals surface area contributed by atoms with E-state index in [-0.39, 0.29) is 22.5 Å². The number of carboxylic acids is 1. The third kappa shape index (κ3) is 2.53. The largest absolute Gasteiger partial charge is 0.475 e. The number of sulfonamides is 1. The van der Waals surface area contributed by atoms with E-state index >= 15 is 0 Å². The molecule has 1 aromatic heterocycles. The van der Waals surface area contributed by atoms with Crippen LogP contribution in [0.2, 0.25) is 0 Å². The molecule has 1 aromatic carbocycles. The minimum atomic E-state index is -3.84. The lowest BCUT2D eigenvalue weighted by Gasteiger charge is -2.13. The Hall–Kier alpha value is -2.12. The summed E-state index contributed by atoms with van der Waals surface area (Å²) < 4.78 is 32.6. The van der Waals surface area contributed by atoms with E-state index in [4.69, 9.17) is 9.52 Å². The Morgan fingerprint density at radius 1 is 1.36 bits per heavy atom. The highest BCUT2D eigenvalue weighted by atomic mass is 32.2. The Morgan fingerprint density at radius 2 is 2.09 bits per heavy atom. The van der Waals surface area contributed by atoms with Crippen LogP contribution in [0.1, 0.15) is 39.9 Å². The summed E-state index contributed by atoms with van der Waals surface area (Å²) in [6.07, 6.45) is 1.50. The summed E-state index contributed by atoms with van der Waals surface area (Å²) in [4.78, 5) is 10.8. The van der Waals surface area contributed by atoms with Crippen molar-refractivity contribution in [1.29, 1.82) is 0 Å². The first kappa shape index (κ1) is 14.8. The van der Waals surface area contributed by atoms with E-state index in [9.17, 15) is 13.2 Å². The molecule has 0 amide bonds. The lowest BCUT2D eigenvalue weighted by Crippen LogP contribution is -2.27. The molecule has 0 unspecified atom stereocenters. The number of hydrogen-bond donors (Lipinski definition) is 2. The van der Waals surface area contributed by atoms with Crippen LogP contribution in [0.5, 0.6) is 0 Å². The molecule has 0 saturated carbocycles. The highest BCUT2D eigenvalue weighted by Crippen LogP contribution is 2.32. The average Bonchev–Trinajstić information content (AvgIpc) is 3.03. The first-order chi connectivity index (χ1) is 10.4. The lowest BCUT2D eigenvalue weighted by molar-refractivity contribution is 0.0661. The molecule has 0 aliphatic heterocycles. The first-order valence-corrected chi connectivity index (χ1v) is 8.30. The van der Waals surface area contributed by atoms with Crippen molar-refractivity contribution in [1.82, 2.24) is 4.72 Å². The molecule has 6 nitrogen and oxygen atoms in total. The molecule has 0 spiro atoms. The fourth-order valence-electron chi connectivity index (χ4n) is 2.77. The normalized spacial score (nSPS) is 17.4. The molecule has 2 aromatic rings. The SMILES string of the molecule is Cc1oc(C(=O)O)cc1S(=O)(=O)N[C@@H]1CCc2ccccc21. The van der Waals surface area contributed by atoms with Gasteiger partial charge in [0.2, 0.25) is 15.8 Å². The number of carboxylic acid groups (broad SMARTS) is 1. The molecule has 7 heteroatoms. The molecule has 3 rings (SSSR count). The van der Waals surface area contributed by atoms with Crippen molar-refractivity contribution in [2.24, 2.45) is 0 Å². The van der Waals surface area contributed by atoms with Crippen molar-refractivity contribution < 1.29 is 22.7 Å². The quantitative estimate of drug-likeness (QED) is 0.900. The predicted octanol–water partition coefficient (Wildman–Crippen LogP) is 2.25. The van der Waals surface area contributed by atoms with Gasteiger partial charge >= 0.3 is 5.97 Å². The van der Waals surface area contributed by atoms with Crippen molar-refractivity contribution in [3.05, 3.63) is 53.0 Å². The topological polar surface area (TPSA) is 96.6 Å². The second-order valence-corrected chi connectivity index (χ2v) is 6.93. The van der Waals surface area contributed by atoms with Crippen molar-refractivity contribution in [2.75, 3.05) is 0 Å². The van der Waals surface area contributed by atoms with Crippen LogP contribution in [0.15, 0.2) is 39.6 Å². The van der Waals surface area contributed by atoms with Gasteiger partial charge in [-0.3, -0.25) is 0 Å². The number of benzene rings is 1. The second kappa shape index (κ2) is 5.26. The van der Waals surface area contributed by atoms with E-state index in [0.717, 1.165) is 23.6 Å². The van der Waals surface area contributed by atoms with Crippen LogP contribution >= 0.6 is 0 Å². The molecule has 0 saturated heterocycles. The standard InChI is InChI=1S/C15H15NO5S/c1-9-14(8-13(21-9)15(17)18)22(19,20)16-12-7-6-10-4-2-3-5-11(10)12/h2-5,8,12,16H,6-7H2,1H3,(H,17,18)/t12-/m1/s1. The molecule has 1 atom stereocenters. The summed E-state index contributed by atoms with van der Waals surface area (Å²) in [6, 6.07) is 8.42. The number of carbonyl (C=O) groups is 1. The van der Waals surface area contributed by atoms with E-state index < -0.39 is 16.0 Å². The van der Waals surface area contributed by atoms with Crippen LogP contribution < -0.4 is 4.72 Å². The third-order valence-electron chi connectivity index (χ3n) is 3.80. The minimum absolute atomic E-state index is 0.0659. The number of aromatic carboxylic acids is 1. The van der Waals surface area contributed by atoms with E-state index in [0.29, 0.717) is 6.42 Å². The average molecular weight is 321 g/mol. The zero-order valence-electron chi connectivity index (χ0n) is 11.9. The Kier molecular flexibility index (Phi) is 3.54. The monoisotopic (exact) mass is 321 g/mol. The smallest absolute Gasteiger partial charge is 0.371 e. The van der Waals surface area contributed by atoms with Gasteiger partial charge < -0.3 is 9.52 Å². The van der Waals surface area contributed by atoms with E-state index in [1.54, 1.807) is 0 Å². The van der Waals surface area contributed by atoms with Crippen molar-refractivity contribution in [2.45, 2.75) is 30.7 Å². The van der Waals surface area contributed by atoms with E-state index in [1.165, 1.54) is 6.92 Å². The van der Waals surface area contributed by atoms with Gasteiger partial charge in [0.25, 0.3) is 0 Å². The number of rotatable bonds is 4. The zero-order chi connectivity index (χ0) is 15.9. The summed E-state index contributed by atoms with van der Waals surface area (Å²) in [6.45, 7) is 1.43. The van der Waals surface area contributed by atoms with Gasteiger partial charge in [0, 0.05) is 12.1 Å². The first-order valence-electron chi connectivity index (χ1n) is 6.82. The number of aryl methyl sites for hydroxylation is 2. The van der Waals surface area contributed by atoms with Gasteiger partial charge in [0.1, 0.15) is 10.7 Å². The maximum Gasteiger partial charge on any atom is 0.371 e. The summed E-state index contributed by atoms with van der Waals surface area (Å²) in [5.74, 6) is -1.61. The van der Waals surface area contributed by atoms with Gasteiger partial charge in [-0.1, -0.05) is 24.3 Å². The fourth-order valence-corrected chi connectivity index (χ4v) is 4.20. The molecular formula is C15H15NO5S. The molecule has 0 radical (unpaired) electrons. The zero-order valence-corrected chi connectivity index (χ0v) is 12.7. The molecule has 1 aliphatic carbocycles. The molecule has 0 fully saturated rings. The van der Waals surface area contributed by atoms with Crippen LogP contribution in [0, 0.1) is 6.92 Å². The summed E-state index contributed by atoms with van der Waals surface area (Å²) in [7, 11) is -3.84. The molecule has 1 heterocycles. The fraction of sp³-hybridized carbons (Fsp3) is 0.267. The summed E-state index contributed by atoms with van der Waals surface area (Å²) >= 11 is 0. The Balaban J connectivity index is 1.91. The Morgan fingerprint density at radius 3 is 2.77 bits per heavy atom. The number of hydrogen-bond acceptors (Lipinski definition) is 4. The molecule has 1 aliphatic rings. The molecular weight excluding hydrogens is 306 g/mol. The van der Waals surface area contributed by atoms with E-state index in [1.807, 2.05) is 24.3 Å².